The SMILES string of the molecule is CN(C)c1cc(C(=N)N2CCCCC2)ccc1C1=NOC(CCC(=O)c2ccc(Cl)s2)C1. The van der Waals surface area contributed by atoms with Gasteiger partial charge in [-0.05, 0) is 43.9 Å². The van der Waals surface area contributed by atoms with Gasteiger partial charge in [0.1, 0.15) is 11.9 Å². The van der Waals surface area contributed by atoms with Gasteiger partial charge in [-0.15, -0.1) is 11.3 Å². The third kappa shape index (κ3) is 5.15. The van der Waals surface area contributed by atoms with Crippen molar-refractivity contribution in [2.75, 3.05) is 32.1 Å². The zero-order valence-electron chi connectivity index (χ0n) is 18.6. The van der Waals surface area contributed by atoms with Crippen molar-refractivity contribution in [3.8, 4) is 0 Å². The van der Waals surface area contributed by atoms with Crippen LogP contribution in [0.3, 0.4) is 0 Å². The maximum absolute atomic E-state index is 12.4. The molecule has 1 aromatic heterocycles. The molecule has 1 N–H and O–H groups in total. The molecule has 0 bridgehead atoms. The van der Waals surface area contributed by atoms with E-state index >= 15 is 0 Å². The van der Waals surface area contributed by atoms with Gasteiger partial charge in [0.05, 0.1) is 14.9 Å². The van der Waals surface area contributed by atoms with Crippen molar-refractivity contribution in [2.45, 2.75) is 44.6 Å². The molecule has 0 saturated carbocycles. The van der Waals surface area contributed by atoms with E-state index in [1.165, 1.54) is 17.8 Å². The molecule has 1 unspecified atom stereocenters. The monoisotopic (exact) mass is 472 g/mol. The number of piperidine rings is 1. The number of amidine groups is 1. The summed E-state index contributed by atoms with van der Waals surface area (Å²) in [6, 6.07) is 9.67. The number of carbonyl (C=O) groups excluding carboxylic acids is 1. The molecule has 4 rings (SSSR count). The third-order valence-corrected chi connectivity index (χ3v) is 7.28. The van der Waals surface area contributed by atoms with E-state index in [1.54, 1.807) is 12.1 Å². The molecular formula is C24H29ClN4O2S. The number of anilines is 1. The number of oxime groups is 1. The number of halogens is 1. The highest BCUT2D eigenvalue weighted by molar-refractivity contribution is 7.18. The lowest BCUT2D eigenvalue weighted by Gasteiger charge is -2.29. The quantitative estimate of drug-likeness (QED) is 0.331. The van der Waals surface area contributed by atoms with Crippen LogP contribution in [0.15, 0.2) is 35.5 Å². The lowest BCUT2D eigenvalue weighted by molar-refractivity contribution is 0.0720. The number of hydrogen-bond acceptors (Lipinski definition) is 6. The highest BCUT2D eigenvalue weighted by Gasteiger charge is 2.26. The zero-order valence-corrected chi connectivity index (χ0v) is 20.1. The van der Waals surface area contributed by atoms with Crippen molar-refractivity contribution in [1.82, 2.24) is 4.90 Å². The molecule has 8 heteroatoms. The van der Waals surface area contributed by atoms with Crippen LogP contribution < -0.4 is 4.90 Å². The number of carbonyl (C=O) groups is 1. The van der Waals surface area contributed by atoms with E-state index in [0.717, 1.165) is 48.5 Å². The molecule has 1 atom stereocenters. The Morgan fingerprint density at radius 1 is 1.25 bits per heavy atom. The molecule has 2 aromatic rings. The molecule has 1 fully saturated rings. The molecule has 32 heavy (non-hydrogen) atoms. The van der Waals surface area contributed by atoms with Crippen LogP contribution in [0.4, 0.5) is 5.69 Å². The number of benzene rings is 1. The molecule has 170 valence electrons. The summed E-state index contributed by atoms with van der Waals surface area (Å²) in [7, 11) is 4.01. The summed E-state index contributed by atoms with van der Waals surface area (Å²) >= 11 is 7.25. The fourth-order valence-corrected chi connectivity index (χ4v) is 5.23. The molecule has 3 heterocycles. The van der Waals surface area contributed by atoms with E-state index < -0.39 is 0 Å². The number of thiophene rings is 1. The first-order valence-electron chi connectivity index (χ1n) is 11.1. The molecule has 0 spiro atoms. The Labute approximate surface area is 198 Å². The molecular weight excluding hydrogens is 444 g/mol. The highest BCUT2D eigenvalue weighted by Crippen LogP contribution is 2.29. The summed E-state index contributed by atoms with van der Waals surface area (Å²) in [5, 5.41) is 13.0. The smallest absolute Gasteiger partial charge is 0.172 e. The normalized spacial score (nSPS) is 18.3. The Bertz CT molecular complexity index is 1030. The molecule has 1 aromatic carbocycles. The van der Waals surface area contributed by atoms with Gasteiger partial charge in [0.15, 0.2) is 5.78 Å². The van der Waals surface area contributed by atoms with Crippen LogP contribution in [0, 0.1) is 5.41 Å². The second-order valence-corrected chi connectivity index (χ2v) is 10.3. The minimum Gasteiger partial charge on any atom is -0.392 e. The average molecular weight is 473 g/mol. The predicted octanol–water partition coefficient (Wildman–Crippen LogP) is 5.43. The molecule has 0 aliphatic carbocycles. The van der Waals surface area contributed by atoms with Crippen LogP contribution in [0.2, 0.25) is 4.34 Å². The molecule has 2 aliphatic rings. The van der Waals surface area contributed by atoms with Gasteiger partial charge in [-0.25, -0.2) is 0 Å². The van der Waals surface area contributed by atoms with E-state index in [4.69, 9.17) is 21.8 Å². The van der Waals surface area contributed by atoms with E-state index in [2.05, 4.69) is 21.0 Å². The maximum atomic E-state index is 12.4. The number of hydrogen-bond donors (Lipinski definition) is 1. The summed E-state index contributed by atoms with van der Waals surface area (Å²) in [6.45, 7) is 1.91. The first kappa shape index (κ1) is 22.8. The number of Topliss-reactive ketones (excluding diaryl/α,β-unsaturated/α-hetero) is 1. The minimum absolute atomic E-state index is 0.0912. The van der Waals surface area contributed by atoms with Crippen LogP contribution >= 0.6 is 22.9 Å². The number of rotatable bonds is 7. The van der Waals surface area contributed by atoms with Gasteiger partial charge in [0.25, 0.3) is 0 Å². The number of nitrogens with zero attached hydrogens (tertiary/aromatic N) is 3. The van der Waals surface area contributed by atoms with E-state index in [1.807, 2.05) is 26.2 Å². The topological polar surface area (TPSA) is 69.0 Å². The predicted molar refractivity (Wildman–Crippen MR) is 132 cm³/mol. The van der Waals surface area contributed by atoms with E-state index in [9.17, 15) is 4.79 Å². The molecule has 1 saturated heterocycles. The van der Waals surface area contributed by atoms with Gasteiger partial charge in [-0.3, -0.25) is 10.2 Å². The van der Waals surface area contributed by atoms with Crippen LogP contribution in [-0.2, 0) is 4.84 Å². The molecule has 0 radical (unpaired) electrons. The summed E-state index contributed by atoms with van der Waals surface area (Å²) in [5.74, 6) is 0.683. The maximum Gasteiger partial charge on any atom is 0.172 e. The van der Waals surface area contributed by atoms with Crippen molar-refractivity contribution in [3.63, 3.8) is 0 Å². The van der Waals surface area contributed by atoms with Crippen molar-refractivity contribution in [3.05, 3.63) is 50.7 Å². The van der Waals surface area contributed by atoms with Gasteiger partial charge in [0.2, 0.25) is 0 Å². The number of ketones is 1. The van der Waals surface area contributed by atoms with Crippen LogP contribution in [-0.4, -0.2) is 55.5 Å². The zero-order chi connectivity index (χ0) is 22.7. The molecule has 6 nitrogen and oxygen atoms in total. The summed E-state index contributed by atoms with van der Waals surface area (Å²) in [6.07, 6.45) is 5.15. The van der Waals surface area contributed by atoms with Crippen LogP contribution in [0.1, 0.15) is 59.3 Å². The Kier molecular flexibility index (Phi) is 7.16. The third-order valence-electron chi connectivity index (χ3n) is 6.01. The first-order valence-corrected chi connectivity index (χ1v) is 12.3. The van der Waals surface area contributed by atoms with Crippen LogP contribution in [0.25, 0.3) is 0 Å². The Hall–Kier alpha value is -2.38. The van der Waals surface area contributed by atoms with Gasteiger partial charge in [-0.2, -0.15) is 0 Å². The van der Waals surface area contributed by atoms with Crippen LogP contribution in [0.5, 0.6) is 0 Å². The molecule has 0 amide bonds. The standard InChI is InChI=1S/C24H29ClN4O2S/c1-28(2)20-14-16(24(26)29-12-4-3-5-13-29)6-8-18(20)19-15-17(31-27-19)7-9-21(30)22-10-11-23(25)32-22/h6,8,10-11,14,17,26H,3-5,7,9,12-13,15H2,1-2H3. The minimum atomic E-state index is -0.106. The number of nitrogens with one attached hydrogen (secondary N) is 1. The Morgan fingerprint density at radius 2 is 2.03 bits per heavy atom. The van der Waals surface area contributed by atoms with Crippen molar-refractivity contribution >= 4 is 46.0 Å². The average Bonchev–Trinajstić information content (AvgIpc) is 3.46. The van der Waals surface area contributed by atoms with Crippen molar-refractivity contribution in [1.29, 1.82) is 5.41 Å². The molecule has 2 aliphatic heterocycles. The lowest BCUT2D eigenvalue weighted by atomic mass is 9.97. The van der Waals surface area contributed by atoms with Crippen molar-refractivity contribution in [2.24, 2.45) is 5.16 Å². The first-order chi connectivity index (χ1) is 15.4. The fraction of sp³-hybridized carbons (Fsp3) is 0.458. The summed E-state index contributed by atoms with van der Waals surface area (Å²) in [4.78, 5) is 22.9. The highest BCUT2D eigenvalue weighted by atomic mass is 35.5. The van der Waals surface area contributed by atoms with Gasteiger partial charge in [-0.1, -0.05) is 28.9 Å². The van der Waals surface area contributed by atoms with Gasteiger partial charge < -0.3 is 14.6 Å². The van der Waals surface area contributed by atoms with Gasteiger partial charge in [0, 0.05) is 56.8 Å². The largest absolute Gasteiger partial charge is 0.392 e. The second kappa shape index (κ2) is 10.0. The second-order valence-electron chi connectivity index (χ2n) is 8.56. The lowest BCUT2D eigenvalue weighted by Crippen LogP contribution is -2.35. The van der Waals surface area contributed by atoms with Crippen molar-refractivity contribution < 1.29 is 9.63 Å². The van der Waals surface area contributed by atoms with E-state index in [-0.39, 0.29) is 11.9 Å². The number of likely N-dealkylation sites (tertiary alicyclic amines) is 1. The Morgan fingerprint density at radius 3 is 2.72 bits per heavy atom. The Balaban J connectivity index is 1.41. The van der Waals surface area contributed by atoms with E-state index in [0.29, 0.717) is 34.3 Å². The van der Waals surface area contributed by atoms with Gasteiger partial charge >= 0.3 is 0 Å². The summed E-state index contributed by atoms with van der Waals surface area (Å²) < 4.78 is 0.629. The summed E-state index contributed by atoms with van der Waals surface area (Å²) in [5.41, 5.74) is 3.86. The fourth-order valence-electron chi connectivity index (χ4n) is 4.21.